The van der Waals surface area contributed by atoms with E-state index in [4.69, 9.17) is 27.6 Å². The van der Waals surface area contributed by atoms with Gasteiger partial charge < -0.3 is 9.73 Å². The van der Waals surface area contributed by atoms with Crippen LogP contribution in [0.4, 0.5) is 10.1 Å². The van der Waals surface area contributed by atoms with Crippen molar-refractivity contribution < 1.29 is 13.6 Å². The fourth-order valence-corrected chi connectivity index (χ4v) is 2.99. The van der Waals surface area contributed by atoms with Crippen molar-refractivity contribution >= 4 is 45.9 Å². The maximum absolute atomic E-state index is 13.1. The Kier molecular flexibility index (Phi) is 4.56. The van der Waals surface area contributed by atoms with Crippen molar-refractivity contribution in [3.05, 3.63) is 82.1 Å². The number of carbonyl (C=O) groups is 1. The second-order valence-corrected chi connectivity index (χ2v) is 6.55. The normalized spacial score (nSPS) is 10.9. The summed E-state index contributed by atoms with van der Waals surface area (Å²) in [5, 5.41) is 3.26. The Labute approximate surface area is 163 Å². The number of oxazole rings is 1. The van der Waals surface area contributed by atoms with E-state index in [1.54, 1.807) is 48.5 Å². The minimum absolute atomic E-state index is 0.192. The molecule has 0 saturated carbocycles. The summed E-state index contributed by atoms with van der Waals surface area (Å²) in [6.07, 6.45) is 0. The second kappa shape index (κ2) is 7.02. The number of rotatable bonds is 3. The second-order valence-electron chi connectivity index (χ2n) is 5.76. The molecule has 134 valence electrons. The van der Waals surface area contributed by atoms with E-state index >= 15 is 0 Å². The standard InChI is InChI=1S/C20H11Cl2FN2O2/c21-15-3-1-2-14(18(15)22)19(26)24-13-8-9-17-16(10-13)25-20(27-17)11-4-6-12(23)7-5-11/h1-10H,(H,24,26). The van der Waals surface area contributed by atoms with Crippen LogP contribution in [0.3, 0.4) is 0 Å². The Morgan fingerprint density at radius 3 is 2.59 bits per heavy atom. The van der Waals surface area contributed by atoms with Crippen LogP contribution in [0.15, 0.2) is 65.1 Å². The Hall–Kier alpha value is -2.89. The fourth-order valence-electron chi connectivity index (χ4n) is 2.60. The van der Waals surface area contributed by atoms with Crippen molar-refractivity contribution in [2.24, 2.45) is 0 Å². The number of aromatic nitrogens is 1. The lowest BCUT2D eigenvalue weighted by atomic mass is 10.2. The van der Waals surface area contributed by atoms with Crippen LogP contribution >= 0.6 is 23.2 Å². The van der Waals surface area contributed by atoms with Crippen molar-refractivity contribution in [3.63, 3.8) is 0 Å². The van der Waals surface area contributed by atoms with Gasteiger partial charge in [0.2, 0.25) is 5.89 Å². The van der Waals surface area contributed by atoms with E-state index in [9.17, 15) is 9.18 Å². The topological polar surface area (TPSA) is 55.1 Å². The highest BCUT2D eigenvalue weighted by Gasteiger charge is 2.14. The number of anilines is 1. The van der Waals surface area contributed by atoms with Crippen LogP contribution in [0.2, 0.25) is 10.0 Å². The average Bonchev–Trinajstić information content (AvgIpc) is 3.07. The molecule has 4 aromatic rings. The van der Waals surface area contributed by atoms with Gasteiger partial charge in [0.15, 0.2) is 5.58 Å². The third-order valence-corrected chi connectivity index (χ3v) is 4.75. The largest absolute Gasteiger partial charge is 0.436 e. The zero-order valence-electron chi connectivity index (χ0n) is 13.7. The third-order valence-electron chi connectivity index (χ3n) is 3.93. The molecule has 3 aromatic carbocycles. The molecule has 0 aliphatic rings. The monoisotopic (exact) mass is 400 g/mol. The molecule has 1 amide bonds. The molecule has 0 aliphatic heterocycles. The van der Waals surface area contributed by atoms with Crippen molar-refractivity contribution in [2.45, 2.75) is 0 Å². The minimum atomic E-state index is -0.385. The summed E-state index contributed by atoms with van der Waals surface area (Å²) >= 11 is 12.0. The number of hydrogen-bond acceptors (Lipinski definition) is 3. The van der Waals surface area contributed by atoms with Gasteiger partial charge in [-0.25, -0.2) is 9.37 Å². The van der Waals surface area contributed by atoms with Crippen LogP contribution in [-0.2, 0) is 0 Å². The Morgan fingerprint density at radius 2 is 1.81 bits per heavy atom. The van der Waals surface area contributed by atoms with E-state index in [1.807, 2.05) is 0 Å². The third kappa shape index (κ3) is 3.52. The molecule has 1 aromatic heterocycles. The molecular weight excluding hydrogens is 390 g/mol. The van der Waals surface area contributed by atoms with Gasteiger partial charge in [-0.1, -0.05) is 29.3 Å². The first-order valence-electron chi connectivity index (χ1n) is 7.93. The molecular formula is C20H11Cl2FN2O2. The van der Waals surface area contributed by atoms with Gasteiger partial charge in [0.25, 0.3) is 5.91 Å². The molecule has 27 heavy (non-hydrogen) atoms. The lowest BCUT2D eigenvalue weighted by Crippen LogP contribution is -2.12. The predicted octanol–water partition coefficient (Wildman–Crippen LogP) is 6.19. The van der Waals surface area contributed by atoms with Crippen LogP contribution in [0, 0.1) is 5.82 Å². The SMILES string of the molecule is O=C(Nc1ccc2oc(-c3ccc(F)cc3)nc2c1)c1cccc(Cl)c1Cl. The first-order chi connectivity index (χ1) is 13.0. The van der Waals surface area contributed by atoms with E-state index in [2.05, 4.69) is 10.3 Å². The molecule has 1 heterocycles. The van der Waals surface area contributed by atoms with E-state index in [0.29, 0.717) is 33.3 Å². The van der Waals surface area contributed by atoms with Crippen LogP contribution < -0.4 is 5.32 Å². The molecule has 0 unspecified atom stereocenters. The zero-order valence-corrected chi connectivity index (χ0v) is 15.2. The van der Waals surface area contributed by atoms with Crippen LogP contribution in [0.5, 0.6) is 0 Å². The van der Waals surface area contributed by atoms with Gasteiger partial charge in [0, 0.05) is 11.3 Å². The summed E-state index contributed by atoms with van der Waals surface area (Å²) in [7, 11) is 0. The molecule has 4 rings (SSSR count). The van der Waals surface area contributed by atoms with Gasteiger partial charge in [0.1, 0.15) is 11.3 Å². The number of halogens is 3. The van der Waals surface area contributed by atoms with Gasteiger partial charge >= 0.3 is 0 Å². The highest BCUT2D eigenvalue weighted by molar-refractivity contribution is 6.44. The number of hydrogen-bond donors (Lipinski definition) is 1. The smallest absolute Gasteiger partial charge is 0.257 e. The van der Waals surface area contributed by atoms with E-state index < -0.39 is 0 Å². The first kappa shape index (κ1) is 17.5. The Balaban J connectivity index is 1.62. The number of carbonyl (C=O) groups excluding carboxylic acids is 1. The average molecular weight is 401 g/mol. The summed E-state index contributed by atoms with van der Waals surface area (Å²) in [5.74, 6) is -0.352. The molecule has 0 atom stereocenters. The maximum Gasteiger partial charge on any atom is 0.257 e. The number of fused-ring (bicyclic) bond motifs is 1. The number of nitrogens with one attached hydrogen (secondary N) is 1. The molecule has 0 radical (unpaired) electrons. The predicted molar refractivity (Wildman–Crippen MR) is 104 cm³/mol. The lowest BCUT2D eigenvalue weighted by Gasteiger charge is -2.07. The molecule has 1 N–H and O–H groups in total. The highest BCUT2D eigenvalue weighted by atomic mass is 35.5. The summed E-state index contributed by atoms with van der Waals surface area (Å²) < 4.78 is 18.8. The highest BCUT2D eigenvalue weighted by Crippen LogP contribution is 2.28. The number of nitrogens with zero attached hydrogens (tertiary/aromatic N) is 1. The van der Waals surface area contributed by atoms with Crippen LogP contribution in [-0.4, -0.2) is 10.9 Å². The molecule has 0 saturated heterocycles. The van der Waals surface area contributed by atoms with Crippen molar-refractivity contribution in [3.8, 4) is 11.5 Å². The lowest BCUT2D eigenvalue weighted by molar-refractivity contribution is 0.102. The van der Waals surface area contributed by atoms with Gasteiger partial charge in [-0.2, -0.15) is 0 Å². The Bertz CT molecular complexity index is 1160. The molecule has 0 spiro atoms. The van der Waals surface area contributed by atoms with E-state index in [0.717, 1.165) is 0 Å². The fraction of sp³-hybridized carbons (Fsp3) is 0. The number of benzene rings is 3. The summed E-state index contributed by atoms with van der Waals surface area (Å²) in [6.45, 7) is 0. The van der Waals surface area contributed by atoms with Crippen LogP contribution in [0.1, 0.15) is 10.4 Å². The van der Waals surface area contributed by atoms with Crippen molar-refractivity contribution in [1.82, 2.24) is 4.98 Å². The molecule has 4 nitrogen and oxygen atoms in total. The van der Waals surface area contributed by atoms with Crippen molar-refractivity contribution in [2.75, 3.05) is 5.32 Å². The maximum atomic E-state index is 13.1. The molecule has 0 bridgehead atoms. The molecule has 7 heteroatoms. The molecule has 0 aliphatic carbocycles. The number of amides is 1. The zero-order chi connectivity index (χ0) is 19.0. The summed E-state index contributed by atoms with van der Waals surface area (Å²) in [4.78, 5) is 16.8. The Morgan fingerprint density at radius 1 is 1.04 bits per heavy atom. The van der Waals surface area contributed by atoms with Crippen LogP contribution in [0.25, 0.3) is 22.6 Å². The summed E-state index contributed by atoms with van der Waals surface area (Å²) in [5.41, 5.74) is 2.57. The first-order valence-corrected chi connectivity index (χ1v) is 8.69. The van der Waals surface area contributed by atoms with Gasteiger partial charge in [-0.05, 0) is 54.6 Å². The minimum Gasteiger partial charge on any atom is -0.436 e. The summed E-state index contributed by atoms with van der Waals surface area (Å²) in [6, 6.07) is 15.8. The van der Waals surface area contributed by atoms with Gasteiger partial charge in [-0.3, -0.25) is 4.79 Å². The van der Waals surface area contributed by atoms with Gasteiger partial charge in [0.05, 0.1) is 15.6 Å². The van der Waals surface area contributed by atoms with E-state index in [1.165, 1.54) is 12.1 Å². The molecule has 0 fully saturated rings. The van der Waals surface area contributed by atoms with E-state index in [-0.39, 0.29) is 22.3 Å². The van der Waals surface area contributed by atoms with Crippen molar-refractivity contribution in [1.29, 1.82) is 0 Å². The quantitative estimate of drug-likeness (QED) is 0.445. The van der Waals surface area contributed by atoms with Gasteiger partial charge in [-0.15, -0.1) is 0 Å².